The first-order valence-electron chi connectivity index (χ1n) is 5.32. The fourth-order valence-corrected chi connectivity index (χ4v) is 1.42. The summed E-state index contributed by atoms with van der Waals surface area (Å²) in [6, 6.07) is 7.62. The lowest BCUT2D eigenvalue weighted by Gasteiger charge is -2.19. The molecule has 0 aliphatic heterocycles. The highest BCUT2D eigenvalue weighted by molar-refractivity contribution is 5.30. The van der Waals surface area contributed by atoms with Gasteiger partial charge in [0, 0.05) is 7.11 Å². The molecule has 0 amide bonds. The van der Waals surface area contributed by atoms with E-state index in [1.807, 2.05) is 24.3 Å². The second kappa shape index (κ2) is 6.89. The Morgan fingerprint density at radius 3 is 2.12 bits per heavy atom. The summed E-state index contributed by atoms with van der Waals surface area (Å²) in [5.41, 5.74) is 0.990. The van der Waals surface area contributed by atoms with Gasteiger partial charge in [-0.05, 0) is 23.8 Å². The molecule has 3 heteroatoms. The predicted molar refractivity (Wildman–Crippen MR) is 68.0 cm³/mol. The molecule has 0 spiro atoms. The number of hydrogen-bond donors (Lipinski definition) is 0. The number of benzene rings is 1. The highest BCUT2D eigenvalue weighted by atomic mass is 16.7. The lowest BCUT2D eigenvalue weighted by atomic mass is 10.1. The zero-order chi connectivity index (χ0) is 12.7. The predicted octanol–water partition coefficient (Wildman–Crippen LogP) is 3.10. The molecular formula is C14H18O3. The van der Waals surface area contributed by atoms with Crippen LogP contribution in [0.1, 0.15) is 11.7 Å². The number of ether oxygens (including phenoxy) is 3. The fourth-order valence-electron chi connectivity index (χ4n) is 1.42. The molecule has 2 unspecified atom stereocenters. The summed E-state index contributed by atoms with van der Waals surface area (Å²) < 4.78 is 15.8. The first-order valence-corrected chi connectivity index (χ1v) is 5.32. The lowest BCUT2D eigenvalue weighted by molar-refractivity contribution is -0.113. The van der Waals surface area contributed by atoms with Crippen molar-refractivity contribution in [2.45, 2.75) is 12.4 Å². The largest absolute Gasteiger partial charge is 0.497 e. The molecule has 0 heterocycles. The van der Waals surface area contributed by atoms with Crippen molar-refractivity contribution in [3.8, 4) is 5.75 Å². The van der Waals surface area contributed by atoms with Crippen LogP contribution in [0.25, 0.3) is 0 Å². The van der Waals surface area contributed by atoms with Crippen molar-refractivity contribution >= 4 is 0 Å². The highest BCUT2D eigenvalue weighted by Gasteiger charge is 2.12. The van der Waals surface area contributed by atoms with Gasteiger partial charge in [0.15, 0.2) is 6.29 Å². The highest BCUT2D eigenvalue weighted by Crippen LogP contribution is 2.23. The third kappa shape index (κ3) is 3.73. The van der Waals surface area contributed by atoms with Gasteiger partial charge in [-0.25, -0.2) is 0 Å². The summed E-state index contributed by atoms with van der Waals surface area (Å²) >= 11 is 0. The van der Waals surface area contributed by atoms with E-state index in [4.69, 9.17) is 14.2 Å². The second-order valence-electron chi connectivity index (χ2n) is 3.41. The monoisotopic (exact) mass is 234 g/mol. The van der Waals surface area contributed by atoms with E-state index < -0.39 is 6.29 Å². The summed E-state index contributed by atoms with van der Waals surface area (Å²) in [6.45, 7) is 7.39. The molecule has 0 saturated carbocycles. The van der Waals surface area contributed by atoms with Crippen LogP contribution in [0.3, 0.4) is 0 Å². The Kier molecular flexibility index (Phi) is 5.46. The zero-order valence-electron chi connectivity index (χ0n) is 10.3. The smallest absolute Gasteiger partial charge is 0.177 e. The molecule has 2 atom stereocenters. The minimum atomic E-state index is -0.444. The van der Waals surface area contributed by atoms with E-state index in [0.29, 0.717) is 0 Å². The average Bonchev–Trinajstić information content (AvgIpc) is 2.40. The standard InChI is InChI=1S/C14H18O3/c1-5-13(17-14(6-2)16-4)11-7-9-12(15-3)10-8-11/h5-10,13-14H,1-2H2,3-4H3. The van der Waals surface area contributed by atoms with E-state index >= 15 is 0 Å². The van der Waals surface area contributed by atoms with Crippen molar-refractivity contribution in [3.63, 3.8) is 0 Å². The van der Waals surface area contributed by atoms with Crippen molar-refractivity contribution in [2.24, 2.45) is 0 Å². The Bertz CT molecular complexity index is 356. The molecule has 0 aromatic heterocycles. The van der Waals surface area contributed by atoms with Gasteiger partial charge in [0.05, 0.1) is 7.11 Å². The third-order valence-electron chi connectivity index (χ3n) is 2.36. The van der Waals surface area contributed by atoms with Crippen LogP contribution in [0.4, 0.5) is 0 Å². The van der Waals surface area contributed by atoms with E-state index in [0.717, 1.165) is 11.3 Å². The normalized spacial score (nSPS) is 13.8. The Balaban J connectivity index is 2.78. The van der Waals surface area contributed by atoms with Gasteiger partial charge in [0.1, 0.15) is 11.9 Å². The van der Waals surface area contributed by atoms with Gasteiger partial charge >= 0.3 is 0 Å². The van der Waals surface area contributed by atoms with Gasteiger partial charge in [0.2, 0.25) is 0 Å². The molecule has 0 aliphatic carbocycles. The summed E-state index contributed by atoms with van der Waals surface area (Å²) in [5, 5.41) is 0. The van der Waals surface area contributed by atoms with Gasteiger partial charge in [0.25, 0.3) is 0 Å². The average molecular weight is 234 g/mol. The fraction of sp³-hybridized carbons (Fsp3) is 0.286. The maximum Gasteiger partial charge on any atom is 0.177 e. The van der Waals surface area contributed by atoms with E-state index in [1.54, 1.807) is 26.4 Å². The molecule has 92 valence electrons. The third-order valence-corrected chi connectivity index (χ3v) is 2.36. The summed E-state index contributed by atoms with van der Waals surface area (Å²) in [5.74, 6) is 0.809. The molecule has 0 fully saturated rings. The van der Waals surface area contributed by atoms with Gasteiger partial charge in [-0.2, -0.15) is 0 Å². The van der Waals surface area contributed by atoms with E-state index in [9.17, 15) is 0 Å². The minimum Gasteiger partial charge on any atom is -0.497 e. The second-order valence-corrected chi connectivity index (χ2v) is 3.41. The first kappa shape index (κ1) is 13.5. The Morgan fingerprint density at radius 1 is 1.06 bits per heavy atom. The van der Waals surface area contributed by atoms with Crippen LogP contribution < -0.4 is 4.74 Å². The van der Waals surface area contributed by atoms with Crippen molar-refractivity contribution in [1.29, 1.82) is 0 Å². The molecule has 1 aromatic rings. The zero-order valence-corrected chi connectivity index (χ0v) is 10.3. The molecule has 0 radical (unpaired) electrons. The molecule has 17 heavy (non-hydrogen) atoms. The van der Waals surface area contributed by atoms with Gasteiger partial charge < -0.3 is 14.2 Å². The Morgan fingerprint density at radius 2 is 1.71 bits per heavy atom. The lowest BCUT2D eigenvalue weighted by Crippen LogP contribution is -2.15. The quantitative estimate of drug-likeness (QED) is 0.536. The molecule has 0 N–H and O–H groups in total. The number of methoxy groups -OCH3 is 2. The molecular weight excluding hydrogens is 216 g/mol. The van der Waals surface area contributed by atoms with Crippen LogP contribution in [0.15, 0.2) is 49.6 Å². The molecule has 0 aliphatic rings. The van der Waals surface area contributed by atoms with E-state index in [1.165, 1.54) is 0 Å². The topological polar surface area (TPSA) is 27.7 Å². The number of hydrogen-bond acceptors (Lipinski definition) is 3. The van der Waals surface area contributed by atoms with Crippen molar-refractivity contribution in [2.75, 3.05) is 14.2 Å². The van der Waals surface area contributed by atoms with Crippen molar-refractivity contribution in [1.82, 2.24) is 0 Å². The van der Waals surface area contributed by atoms with Crippen molar-refractivity contribution < 1.29 is 14.2 Å². The van der Waals surface area contributed by atoms with Crippen LogP contribution in [0, 0.1) is 0 Å². The SMILES string of the molecule is C=CC(OC)OC(C=C)c1ccc(OC)cc1. The maximum absolute atomic E-state index is 5.66. The summed E-state index contributed by atoms with van der Waals surface area (Å²) in [6.07, 6.45) is 2.64. The van der Waals surface area contributed by atoms with Crippen LogP contribution in [-0.4, -0.2) is 20.5 Å². The number of rotatable bonds is 7. The van der Waals surface area contributed by atoms with E-state index in [2.05, 4.69) is 13.2 Å². The molecule has 0 saturated heterocycles. The van der Waals surface area contributed by atoms with Crippen LogP contribution in [-0.2, 0) is 9.47 Å². The van der Waals surface area contributed by atoms with Crippen molar-refractivity contribution in [3.05, 3.63) is 55.1 Å². The Labute approximate surface area is 102 Å². The molecule has 1 aromatic carbocycles. The van der Waals surface area contributed by atoms with Gasteiger partial charge in [-0.3, -0.25) is 0 Å². The van der Waals surface area contributed by atoms with Gasteiger partial charge in [-0.15, -0.1) is 6.58 Å². The van der Waals surface area contributed by atoms with Gasteiger partial charge in [-0.1, -0.05) is 24.8 Å². The van der Waals surface area contributed by atoms with Crippen LogP contribution in [0.5, 0.6) is 5.75 Å². The molecule has 0 bridgehead atoms. The summed E-state index contributed by atoms with van der Waals surface area (Å²) in [4.78, 5) is 0. The first-order chi connectivity index (χ1) is 8.24. The minimum absolute atomic E-state index is 0.233. The van der Waals surface area contributed by atoms with Crippen LogP contribution in [0.2, 0.25) is 0 Å². The molecule has 1 rings (SSSR count). The molecule has 3 nitrogen and oxygen atoms in total. The maximum atomic E-state index is 5.66. The van der Waals surface area contributed by atoms with E-state index in [-0.39, 0.29) is 6.10 Å². The Hall–Kier alpha value is -1.58. The summed E-state index contributed by atoms with van der Waals surface area (Å²) in [7, 11) is 3.20. The van der Waals surface area contributed by atoms with Crippen LogP contribution >= 0.6 is 0 Å².